The van der Waals surface area contributed by atoms with E-state index in [9.17, 15) is 4.79 Å². The van der Waals surface area contributed by atoms with Crippen molar-refractivity contribution in [3.05, 3.63) is 35.4 Å². The summed E-state index contributed by atoms with van der Waals surface area (Å²) in [5.74, 6) is 0.235. The summed E-state index contributed by atoms with van der Waals surface area (Å²) in [4.78, 5) is 13.8. The van der Waals surface area contributed by atoms with Gasteiger partial charge in [-0.05, 0) is 32.1 Å². The van der Waals surface area contributed by atoms with Crippen LogP contribution in [0.15, 0.2) is 24.3 Å². The number of carbonyl (C=O) groups is 1. The van der Waals surface area contributed by atoms with E-state index in [1.807, 2.05) is 37.2 Å². The maximum Gasteiger partial charge on any atom is 0.164 e. The van der Waals surface area contributed by atoms with Crippen molar-refractivity contribution in [1.82, 2.24) is 4.90 Å². The molecule has 82 valence electrons. The Hall–Kier alpha value is -1.15. The van der Waals surface area contributed by atoms with Crippen LogP contribution in [0.5, 0.6) is 0 Å². The number of aryl methyl sites for hydroxylation is 1. The van der Waals surface area contributed by atoms with Gasteiger partial charge in [0.15, 0.2) is 5.78 Å². The van der Waals surface area contributed by atoms with Crippen LogP contribution in [0.1, 0.15) is 29.3 Å². The number of nitrogens with zero attached hydrogens (tertiary/aromatic N) is 1. The highest BCUT2D eigenvalue weighted by Gasteiger charge is 2.06. The summed E-state index contributed by atoms with van der Waals surface area (Å²) in [6, 6.07) is 7.92. The van der Waals surface area contributed by atoms with Crippen LogP contribution in [-0.2, 0) is 6.42 Å². The molecule has 0 spiro atoms. The average molecular weight is 205 g/mol. The molecule has 0 amide bonds. The Kier molecular flexibility index (Phi) is 4.50. The van der Waals surface area contributed by atoms with Crippen molar-refractivity contribution in [3.63, 3.8) is 0 Å². The Bertz CT molecular complexity index is 331. The van der Waals surface area contributed by atoms with Crippen LogP contribution >= 0.6 is 0 Å². The standard InChI is InChI=1S/C13H19NO/c1-4-11-6-5-7-12(10-11)13(15)8-9-14(2)3/h5-7,10H,4,8-9H2,1-3H3. The number of rotatable bonds is 5. The number of ketones is 1. The SMILES string of the molecule is CCc1cccc(C(=O)CCN(C)C)c1. The minimum Gasteiger partial charge on any atom is -0.309 e. The van der Waals surface area contributed by atoms with Gasteiger partial charge in [0.1, 0.15) is 0 Å². The number of hydrogen-bond donors (Lipinski definition) is 0. The predicted molar refractivity (Wildman–Crippen MR) is 63.3 cm³/mol. The smallest absolute Gasteiger partial charge is 0.164 e. The summed E-state index contributed by atoms with van der Waals surface area (Å²) in [5.41, 5.74) is 2.07. The third-order valence-corrected chi connectivity index (χ3v) is 2.44. The molecule has 0 aliphatic carbocycles. The van der Waals surface area contributed by atoms with Crippen molar-refractivity contribution in [2.75, 3.05) is 20.6 Å². The number of hydrogen-bond acceptors (Lipinski definition) is 2. The fraction of sp³-hybridized carbons (Fsp3) is 0.462. The molecule has 0 aromatic heterocycles. The van der Waals surface area contributed by atoms with Gasteiger partial charge in [0.05, 0.1) is 0 Å². The molecule has 0 atom stereocenters. The lowest BCUT2D eigenvalue weighted by Gasteiger charge is -2.08. The van der Waals surface area contributed by atoms with Crippen LogP contribution in [-0.4, -0.2) is 31.3 Å². The van der Waals surface area contributed by atoms with Crippen molar-refractivity contribution < 1.29 is 4.79 Å². The van der Waals surface area contributed by atoms with Crippen LogP contribution in [0.25, 0.3) is 0 Å². The largest absolute Gasteiger partial charge is 0.309 e. The Morgan fingerprint density at radius 2 is 2.07 bits per heavy atom. The van der Waals surface area contributed by atoms with E-state index in [4.69, 9.17) is 0 Å². The Balaban J connectivity index is 2.65. The Morgan fingerprint density at radius 1 is 1.33 bits per heavy atom. The molecule has 0 unspecified atom stereocenters. The van der Waals surface area contributed by atoms with E-state index in [0.29, 0.717) is 6.42 Å². The first-order valence-electron chi connectivity index (χ1n) is 5.40. The molecule has 15 heavy (non-hydrogen) atoms. The molecule has 0 heterocycles. The van der Waals surface area contributed by atoms with Gasteiger partial charge < -0.3 is 4.90 Å². The second kappa shape index (κ2) is 5.66. The maximum absolute atomic E-state index is 11.8. The zero-order chi connectivity index (χ0) is 11.3. The molecular weight excluding hydrogens is 186 g/mol. The van der Waals surface area contributed by atoms with Gasteiger partial charge in [-0.3, -0.25) is 4.79 Å². The van der Waals surface area contributed by atoms with Gasteiger partial charge in [-0.1, -0.05) is 25.1 Å². The fourth-order valence-electron chi connectivity index (χ4n) is 1.43. The second-order valence-corrected chi connectivity index (χ2v) is 4.03. The quantitative estimate of drug-likeness (QED) is 0.688. The molecule has 0 bridgehead atoms. The molecule has 0 N–H and O–H groups in total. The highest BCUT2D eigenvalue weighted by atomic mass is 16.1. The van der Waals surface area contributed by atoms with Crippen molar-refractivity contribution >= 4 is 5.78 Å². The van der Waals surface area contributed by atoms with Gasteiger partial charge in [0.25, 0.3) is 0 Å². The van der Waals surface area contributed by atoms with E-state index < -0.39 is 0 Å². The van der Waals surface area contributed by atoms with E-state index in [-0.39, 0.29) is 5.78 Å². The zero-order valence-electron chi connectivity index (χ0n) is 9.79. The summed E-state index contributed by atoms with van der Waals surface area (Å²) < 4.78 is 0. The first-order chi connectivity index (χ1) is 7.13. The van der Waals surface area contributed by atoms with Gasteiger partial charge in [-0.25, -0.2) is 0 Å². The summed E-state index contributed by atoms with van der Waals surface area (Å²) in [7, 11) is 3.96. The molecule has 1 aromatic carbocycles. The normalized spacial score (nSPS) is 10.7. The predicted octanol–water partition coefficient (Wildman–Crippen LogP) is 2.38. The molecule has 0 aliphatic rings. The third kappa shape index (κ3) is 3.84. The van der Waals surface area contributed by atoms with Crippen LogP contribution in [0, 0.1) is 0 Å². The lowest BCUT2D eigenvalue weighted by atomic mass is 10.0. The lowest BCUT2D eigenvalue weighted by molar-refractivity contribution is 0.0972. The minimum atomic E-state index is 0.235. The molecule has 2 nitrogen and oxygen atoms in total. The molecule has 0 saturated heterocycles. The maximum atomic E-state index is 11.8. The van der Waals surface area contributed by atoms with Gasteiger partial charge in [-0.2, -0.15) is 0 Å². The van der Waals surface area contributed by atoms with Crippen LogP contribution < -0.4 is 0 Å². The van der Waals surface area contributed by atoms with Gasteiger partial charge in [0, 0.05) is 18.5 Å². The average Bonchev–Trinajstić information content (AvgIpc) is 2.26. The van der Waals surface area contributed by atoms with E-state index >= 15 is 0 Å². The molecule has 0 aliphatic heterocycles. The highest BCUT2D eigenvalue weighted by Crippen LogP contribution is 2.08. The summed E-state index contributed by atoms with van der Waals surface area (Å²) in [6.07, 6.45) is 1.58. The Morgan fingerprint density at radius 3 is 2.67 bits per heavy atom. The van der Waals surface area contributed by atoms with Crippen molar-refractivity contribution in [3.8, 4) is 0 Å². The van der Waals surface area contributed by atoms with E-state index in [1.165, 1.54) is 5.56 Å². The topological polar surface area (TPSA) is 20.3 Å². The summed E-state index contributed by atoms with van der Waals surface area (Å²) >= 11 is 0. The molecular formula is C13H19NO. The zero-order valence-corrected chi connectivity index (χ0v) is 9.79. The summed E-state index contributed by atoms with van der Waals surface area (Å²) in [6.45, 7) is 2.92. The highest BCUT2D eigenvalue weighted by molar-refractivity contribution is 5.96. The Labute approximate surface area is 91.9 Å². The molecule has 1 aromatic rings. The molecule has 2 heteroatoms. The number of carbonyl (C=O) groups excluding carboxylic acids is 1. The number of Topliss-reactive ketones (excluding diaryl/α,β-unsaturated/α-hetero) is 1. The van der Waals surface area contributed by atoms with Gasteiger partial charge in [-0.15, -0.1) is 0 Å². The lowest BCUT2D eigenvalue weighted by Crippen LogP contribution is -2.16. The van der Waals surface area contributed by atoms with Gasteiger partial charge >= 0.3 is 0 Å². The van der Waals surface area contributed by atoms with Crippen LogP contribution in [0.4, 0.5) is 0 Å². The molecule has 0 fully saturated rings. The monoisotopic (exact) mass is 205 g/mol. The van der Waals surface area contributed by atoms with Gasteiger partial charge in [0.2, 0.25) is 0 Å². The third-order valence-electron chi connectivity index (χ3n) is 2.44. The first kappa shape index (κ1) is 11.9. The molecule has 0 saturated carbocycles. The van der Waals surface area contributed by atoms with Crippen LogP contribution in [0.2, 0.25) is 0 Å². The minimum absolute atomic E-state index is 0.235. The van der Waals surface area contributed by atoms with Crippen molar-refractivity contribution in [2.45, 2.75) is 19.8 Å². The van der Waals surface area contributed by atoms with Crippen molar-refractivity contribution in [2.24, 2.45) is 0 Å². The second-order valence-electron chi connectivity index (χ2n) is 4.03. The van der Waals surface area contributed by atoms with E-state index in [2.05, 4.69) is 13.0 Å². The van der Waals surface area contributed by atoms with Crippen LogP contribution in [0.3, 0.4) is 0 Å². The van der Waals surface area contributed by atoms with Crippen molar-refractivity contribution in [1.29, 1.82) is 0 Å². The number of benzene rings is 1. The molecule has 0 radical (unpaired) electrons. The summed E-state index contributed by atoms with van der Waals surface area (Å²) in [5, 5.41) is 0. The fourth-order valence-corrected chi connectivity index (χ4v) is 1.43. The van der Waals surface area contributed by atoms with E-state index in [0.717, 1.165) is 18.5 Å². The molecule has 1 rings (SSSR count). The first-order valence-corrected chi connectivity index (χ1v) is 5.40. The van der Waals surface area contributed by atoms with E-state index in [1.54, 1.807) is 0 Å².